The van der Waals surface area contributed by atoms with Crippen molar-refractivity contribution in [1.82, 2.24) is 4.90 Å². The molecule has 2 nitrogen and oxygen atoms in total. The fourth-order valence-electron chi connectivity index (χ4n) is 3.48. The van der Waals surface area contributed by atoms with Crippen LogP contribution in [0.5, 0.6) is 5.75 Å². The second-order valence-electron chi connectivity index (χ2n) is 6.36. The van der Waals surface area contributed by atoms with Gasteiger partial charge in [0.25, 0.3) is 0 Å². The zero-order chi connectivity index (χ0) is 14.5. The third-order valence-corrected chi connectivity index (χ3v) is 4.76. The van der Waals surface area contributed by atoms with Crippen molar-refractivity contribution in [3.63, 3.8) is 0 Å². The van der Waals surface area contributed by atoms with Crippen LogP contribution in [0.4, 0.5) is 0 Å². The van der Waals surface area contributed by atoms with Gasteiger partial charge in [0.2, 0.25) is 0 Å². The number of nitrogens with zero attached hydrogens (tertiary/aromatic N) is 1. The number of likely N-dealkylation sites (tertiary alicyclic amines) is 1. The minimum absolute atomic E-state index is 0.316. The summed E-state index contributed by atoms with van der Waals surface area (Å²) in [6.45, 7) is 8.86. The van der Waals surface area contributed by atoms with Crippen LogP contribution in [-0.4, -0.2) is 23.1 Å². The third-order valence-electron chi connectivity index (χ3n) is 4.76. The van der Waals surface area contributed by atoms with Gasteiger partial charge in [0.15, 0.2) is 0 Å². The van der Waals surface area contributed by atoms with Crippen molar-refractivity contribution >= 4 is 0 Å². The summed E-state index contributed by atoms with van der Waals surface area (Å²) >= 11 is 0. The third kappa shape index (κ3) is 3.76. The Balaban J connectivity index is 2.03. The van der Waals surface area contributed by atoms with E-state index in [-0.39, 0.29) is 0 Å². The zero-order valence-corrected chi connectivity index (χ0v) is 13.2. The summed E-state index contributed by atoms with van der Waals surface area (Å²) in [5.74, 6) is 1.36. The summed E-state index contributed by atoms with van der Waals surface area (Å²) in [7, 11) is 0. The molecule has 1 N–H and O–H groups in total. The van der Waals surface area contributed by atoms with Gasteiger partial charge >= 0.3 is 0 Å². The molecule has 1 saturated heterocycles. The summed E-state index contributed by atoms with van der Waals surface area (Å²) in [5.41, 5.74) is 2.20. The Morgan fingerprint density at radius 3 is 2.80 bits per heavy atom. The maximum absolute atomic E-state index is 10.2. The summed E-state index contributed by atoms with van der Waals surface area (Å²) in [4.78, 5) is 2.54. The van der Waals surface area contributed by atoms with Gasteiger partial charge in [0.1, 0.15) is 5.75 Å². The van der Waals surface area contributed by atoms with Crippen molar-refractivity contribution in [2.24, 2.45) is 5.92 Å². The number of phenolic OH excluding ortho intramolecular Hbond substituents is 1. The Bertz CT molecular complexity index is 429. The van der Waals surface area contributed by atoms with E-state index in [1.54, 1.807) is 0 Å². The molecular formula is C18H29NO. The topological polar surface area (TPSA) is 23.5 Å². The second-order valence-corrected chi connectivity index (χ2v) is 6.36. The van der Waals surface area contributed by atoms with E-state index < -0.39 is 0 Å². The number of hydrogen-bond donors (Lipinski definition) is 1. The molecule has 112 valence electrons. The van der Waals surface area contributed by atoms with E-state index in [0.717, 1.165) is 23.6 Å². The minimum atomic E-state index is 0.316. The lowest BCUT2D eigenvalue weighted by Crippen LogP contribution is -2.28. The van der Waals surface area contributed by atoms with E-state index in [2.05, 4.69) is 30.9 Å². The van der Waals surface area contributed by atoms with Crippen molar-refractivity contribution in [1.29, 1.82) is 0 Å². The van der Waals surface area contributed by atoms with Gasteiger partial charge in [0, 0.05) is 11.6 Å². The molecule has 1 aromatic carbocycles. The first kappa shape index (κ1) is 15.4. The van der Waals surface area contributed by atoms with Crippen molar-refractivity contribution in [3.8, 4) is 5.75 Å². The first-order valence-corrected chi connectivity index (χ1v) is 8.15. The van der Waals surface area contributed by atoms with E-state index in [1.165, 1.54) is 38.6 Å². The van der Waals surface area contributed by atoms with Gasteiger partial charge in [-0.1, -0.05) is 31.9 Å². The summed E-state index contributed by atoms with van der Waals surface area (Å²) in [5, 5.41) is 10.2. The molecule has 1 heterocycles. The Kier molecular flexibility index (Phi) is 5.47. The molecule has 1 aromatic rings. The van der Waals surface area contributed by atoms with Crippen LogP contribution < -0.4 is 0 Å². The number of benzene rings is 1. The number of phenols is 1. The first-order valence-electron chi connectivity index (χ1n) is 8.15. The molecule has 0 bridgehead atoms. The highest BCUT2D eigenvalue weighted by molar-refractivity contribution is 5.37. The van der Waals surface area contributed by atoms with Gasteiger partial charge in [0.05, 0.1) is 0 Å². The molecule has 2 atom stereocenters. The predicted octanol–water partition coefficient (Wildman–Crippen LogP) is 4.66. The number of aryl methyl sites for hydroxylation is 1. The molecule has 0 saturated carbocycles. The van der Waals surface area contributed by atoms with Crippen molar-refractivity contribution in [3.05, 3.63) is 29.3 Å². The highest BCUT2D eigenvalue weighted by Gasteiger charge is 2.22. The van der Waals surface area contributed by atoms with Crippen LogP contribution in [0.2, 0.25) is 0 Å². The van der Waals surface area contributed by atoms with Crippen LogP contribution in [0, 0.1) is 12.8 Å². The van der Waals surface area contributed by atoms with Gasteiger partial charge in [-0.25, -0.2) is 0 Å². The lowest BCUT2D eigenvalue weighted by atomic mass is 9.96. The number of rotatable bonds is 4. The average Bonchev–Trinajstić information content (AvgIpc) is 2.64. The van der Waals surface area contributed by atoms with E-state index in [4.69, 9.17) is 0 Å². The molecule has 1 aliphatic heterocycles. The zero-order valence-electron chi connectivity index (χ0n) is 13.2. The molecule has 0 spiro atoms. The normalized spacial score (nSPS) is 22.4. The largest absolute Gasteiger partial charge is 0.508 e. The fraction of sp³-hybridized carbons (Fsp3) is 0.667. The smallest absolute Gasteiger partial charge is 0.120 e. The molecule has 20 heavy (non-hydrogen) atoms. The van der Waals surface area contributed by atoms with Gasteiger partial charge in [-0.05, 0) is 63.7 Å². The SMILES string of the molecule is CCCC1CCCN(C(C)c2ccc(C)cc2O)CC1. The van der Waals surface area contributed by atoms with E-state index >= 15 is 0 Å². The van der Waals surface area contributed by atoms with Gasteiger partial charge < -0.3 is 5.11 Å². The number of hydrogen-bond acceptors (Lipinski definition) is 2. The standard InChI is InChI=1S/C18H29NO/c1-4-6-16-7-5-11-19(12-10-16)15(3)17-9-8-14(2)13-18(17)20/h8-9,13,15-16,20H,4-7,10-12H2,1-3H3. The quantitative estimate of drug-likeness (QED) is 0.863. The average molecular weight is 275 g/mol. The van der Waals surface area contributed by atoms with Crippen molar-refractivity contribution in [2.45, 2.75) is 58.9 Å². The summed E-state index contributed by atoms with van der Waals surface area (Å²) in [6.07, 6.45) is 6.65. The van der Waals surface area contributed by atoms with E-state index in [9.17, 15) is 5.11 Å². The number of aromatic hydroxyl groups is 1. The molecule has 2 unspecified atom stereocenters. The minimum Gasteiger partial charge on any atom is -0.508 e. The van der Waals surface area contributed by atoms with Crippen LogP contribution in [0.3, 0.4) is 0 Å². The maximum Gasteiger partial charge on any atom is 0.120 e. The van der Waals surface area contributed by atoms with Gasteiger partial charge in [-0.3, -0.25) is 4.90 Å². The Morgan fingerprint density at radius 1 is 1.30 bits per heavy atom. The molecule has 2 rings (SSSR count). The molecule has 0 aliphatic carbocycles. The lowest BCUT2D eigenvalue weighted by Gasteiger charge is -2.28. The fourth-order valence-corrected chi connectivity index (χ4v) is 3.48. The summed E-state index contributed by atoms with van der Waals surface area (Å²) in [6, 6.07) is 6.38. The van der Waals surface area contributed by atoms with Crippen LogP contribution in [0.1, 0.15) is 63.1 Å². The molecule has 0 aromatic heterocycles. The monoisotopic (exact) mass is 275 g/mol. The second kappa shape index (κ2) is 7.12. The van der Waals surface area contributed by atoms with Crippen LogP contribution >= 0.6 is 0 Å². The molecular weight excluding hydrogens is 246 g/mol. The predicted molar refractivity (Wildman–Crippen MR) is 85.1 cm³/mol. The van der Waals surface area contributed by atoms with Gasteiger partial charge in [-0.15, -0.1) is 0 Å². The molecule has 2 heteroatoms. The van der Waals surface area contributed by atoms with E-state index in [0.29, 0.717) is 11.8 Å². The van der Waals surface area contributed by atoms with Crippen LogP contribution in [0.25, 0.3) is 0 Å². The first-order chi connectivity index (χ1) is 9.61. The summed E-state index contributed by atoms with van der Waals surface area (Å²) < 4.78 is 0. The van der Waals surface area contributed by atoms with Gasteiger partial charge in [-0.2, -0.15) is 0 Å². The highest BCUT2D eigenvalue weighted by atomic mass is 16.3. The molecule has 0 radical (unpaired) electrons. The van der Waals surface area contributed by atoms with Crippen molar-refractivity contribution < 1.29 is 5.11 Å². The lowest BCUT2D eigenvalue weighted by molar-refractivity contribution is 0.212. The maximum atomic E-state index is 10.2. The molecule has 0 amide bonds. The van der Waals surface area contributed by atoms with Crippen molar-refractivity contribution in [2.75, 3.05) is 13.1 Å². The van der Waals surface area contributed by atoms with Crippen LogP contribution in [0.15, 0.2) is 18.2 Å². The molecule has 1 aliphatic rings. The Hall–Kier alpha value is -1.02. The van der Waals surface area contributed by atoms with E-state index in [1.807, 2.05) is 13.0 Å². The Morgan fingerprint density at radius 2 is 2.10 bits per heavy atom. The van der Waals surface area contributed by atoms with Crippen LogP contribution in [-0.2, 0) is 0 Å². The molecule has 1 fully saturated rings. The Labute approximate surface area is 123 Å². The highest BCUT2D eigenvalue weighted by Crippen LogP contribution is 2.32.